The Morgan fingerprint density at radius 1 is 1.28 bits per heavy atom. The number of benzene rings is 1. The van der Waals surface area contributed by atoms with Gasteiger partial charge in [-0.2, -0.15) is 10.1 Å². The number of pyridine rings is 1. The highest BCUT2D eigenvalue weighted by molar-refractivity contribution is 5.95. The number of carbonyl (C=O) groups excluding carboxylic acids is 1. The molecule has 0 bridgehead atoms. The maximum Gasteiger partial charge on any atom is 0.315 e. The van der Waals surface area contributed by atoms with Gasteiger partial charge in [0.05, 0.1) is 11.1 Å². The fraction of sp³-hybridized carbons (Fsp3) is 0.348. The molecule has 0 unspecified atom stereocenters. The van der Waals surface area contributed by atoms with Gasteiger partial charge in [0.2, 0.25) is 0 Å². The average Bonchev–Trinajstić information content (AvgIpc) is 3.30. The average molecular weight is 434 g/mol. The molecule has 0 spiro atoms. The smallest absolute Gasteiger partial charge is 0.315 e. The first-order valence-electron chi connectivity index (χ1n) is 10.6. The minimum Gasteiger partial charge on any atom is -0.344 e. The van der Waals surface area contributed by atoms with Crippen LogP contribution in [0.5, 0.6) is 0 Å². The van der Waals surface area contributed by atoms with E-state index in [-0.39, 0.29) is 17.9 Å². The van der Waals surface area contributed by atoms with Crippen LogP contribution in [0.15, 0.2) is 35.0 Å². The van der Waals surface area contributed by atoms with Crippen molar-refractivity contribution >= 4 is 16.9 Å². The molecule has 0 aliphatic heterocycles. The second-order valence-corrected chi connectivity index (χ2v) is 9.13. The van der Waals surface area contributed by atoms with Gasteiger partial charge in [0.15, 0.2) is 11.5 Å². The lowest BCUT2D eigenvalue weighted by molar-refractivity contribution is 0.0906. The molecule has 3 heterocycles. The van der Waals surface area contributed by atoms with Gasteiger partial charge in [0, 0.05) is 29.6 Å². The van der Waals surface area contributed by atoms with E-state index < -0.39 is 11.7 Å². The molecule has 1 aliphatic carbocycles. The number of H-pyrrole nitrogens is 1. The van der Waals surface area contributed by atoms with Crippen LogP contribution in [0, 0.1) is 5.82 Å². The standard InChI is InChI=1S/C23H23FN6O2/c1-23(2,3)22-27-21(32-30-22)20(31)26-11-14-7-6-13(10-16(14)24)15-8-9-25-19-17(15)18(28-29-19)12-4-5-12/h6-10,12H,4-5,11H2,1-3H3,(H,26,31)(H,25,28,29). The number of aromatic nitrogens is 5. The number of rotatable bonds is 5. The zero-order valence-corrected chi connectivity index (χ0v) is 18.1. The number of hydrogen-bond acceptors (Lipinski definition) is 6. The monoisotopic (exact) mass is 434 g/mol. The molecule has 4 aromatic rings. The Labute approximate surface area is 183 Å². The molecule has 0 atom stereocenters. The molecule has 1 fully saturated rings. The summed E-state index contributed by atoms with van der Waals surface area (Å²) in [7, 11) is 0. The molecular formula is C23H23FN6O2. The molecule has 1 aliphatic rings. The molecule has 9 heteroatoms. The van der Waals surface area contributed by atoms with Crippen molar-refractivity contribution in [3.63, 3.8) is 0 Å². The van der Waals surface area contributed by atoms with Crippen molar-refractivity contribution in [3.05, 3.63) is 59.3 Å². The maximum atomic E-state index is 14.9. The summed E-state index contributed by atoms with van der Waals surface area (Å²) in [6.45, 7) is 5.77. The molecule has 0 saturated heterocycles. The Balaban J connectivity index is 1.35. The van der Waals surface area contributed by atoms with Crippen molar-refractivity contribution in [3.8, 4) is 11.1 Å². The van der Waals surface area contributed by atoms with E-state index in [1.807, 2.05) is 32.9 Å². The number of carbonyl (C=O) groups is 1. The molecular weight excluding hydrogens is 411 g/mol. The quantitative estimate of drug-likeness (QED) is 0.486. The van der Waals surface area contributed by atoms with Gasteiger partial charge in [-0.15, -0.1) is 0 Å². The molecule has 1 saturated carbocycles. The van der Waals surface area contributed by atoms with Crippen LogP contribution in [-0.4, -0.2) is 31.2 Å². The molecule has 5 rings (SSSR count). The number of nitrogens with one attached hydrogen (secondary N) is 2. The molecule has 3 aromatic heterocycles. The third-order valence-corrected chi connectivity index (χ3v) is 5.55. The van der Waals surface area contributed by atoms with Gasteiger partial charge in [-0.05, 0) is 36.1 Å². The number of fused-ring (bicyclic) bond motifs is 1. The first-order valence-corrected chi connectivity index (χ1v) is 10.6. The summed E-state index contributed by atoms with van der Waals surface area (Å²) in [5, 5.41) is 14.8. The fourth-order valence-corrected chi connectivity index (χ4v) is 3.60. The summed E-state index contributed by atoms with van der Waals surface area (Å²) in [6, 6.07) is 6.86. The zero-order chi connectivity index (χ0) is 22.5. The van der Waals surface area contributed by atoms with Gasteiger partial charge in [0.25, 0.3) is 0 Å². The molecule has 32 heavy (non-hydrogen) atoms. The van der Waals surface area contributed by atoms with E-state index in [4.69, 9.17) is 4.52 Å². The highest BCUT2D eigenvalue weighted by Gasteiger charge is 2.29. The topological polar surface area (TPSA) is 110 Å². The lowest BCUT2D eigenvalue weighted by Gasteiger charge is -2.10. The second-order valence-electron chi connectivity index (χ2n) is 9.13. The number of aromatic amines is 1. The Kier molecular flexibility index (Phi) is 4.76. The fourth-order valence-electron chi connectivity index (χ4n) is 3.60. The van der Waals surface area contributed by atoms with Crippen LogP contribution in [0.25, 0.3) is 22.2 Å². The number of nitrogens with zero attached hydrogens (tertiary/aromatic N) is 4. The maximum absolute atomic E-state index is 14.9. The molecule has 1 amide bonds. The lowest BCUT2D eigenvalue weighted by Crippen LogP contribution is -2.24. The Morgan fingerprint density at radius 3 is 2.78 bits per heavy atom. The summed E-state index contributed by atoms with van der Waals surface area (Å²) in [5.74, 6) is -0.218. The van der Waals surface area contributed by atoms with Crippen molar-refractivity contribution < 1.29 is 13.7 Å². The van der Waals surface area contributed by atoms with Crippen LogP contribution in [0.2, 0.25) is 0 Å². The van der Waals surface area contributed by atoms with E-state index in [1.54, 1.807) is 12.3 Å². The van der Waals surface area contributed by atoms with Crippen LogP contribution in [-0.2, 0) is 12.0 Å². The van der Waals surface area contributed by atoms with E-state index in [2.05, 4.69) is 30.6 Å². The van der Waals surface area contributed by atoms with Gasteiger partial charge in [0.1, 0.15) is 5.82 Å². The predicted molar refractivity (Wildman–Crippen MR) is 115 cm³/mol. The summed E-state index contributed by atoms with van der Waals surface area (Å²) in [4.78, 5) is 20.8. The summed E-state index contributed by atoms with van der Waals surface area (Å²) in [6.07, 6.45) is 3.91. The van der Waals surface area contributed by atoms with Crippen molar-refractivity contribution in [2.75, 3.05) is 0 Å². The Bertz CT molecular complexity index is 1320. The van der Waals surface area contributed by atoms with Crippen LogP contribution in [0.1, 0.15) is 67.3 Å². The molecule has 2 N–H and O–H groups in total. The highest BCUT2D eigenvalue weighted by Crippen LogP contribution is 2.44. The van der Waals surface area contributed by atoms with Gasteiger partial charge >= 0.3 is 11.8 Å². The number of amides is 1. The van der Waals surface area contributed by atoms with E-state index in [0.717, 1.165) is 35.0 Å². The highest BCUT2D eigenvalue weighted by atomic mass is 19.1. The summed E-state index contributed by atoms with van der Waals surface area (Å²) >= 11 is 0. The predicted octanol–water partition coefficient (Wildman–Crippen LogP) is 4.25. The SMILES string of the molecule is CC(C)(C)c1noc(C(=O)NCc2ccc(-c3ccnc4[nH]nc(C5CC5)c34)cc2F)n1. The first kappa shape index (κ1) is 20.3. The molecule has 1 aromatic carbocycles. The van der Waals surface area contributed by atoms with Crippen molar-refractivity contribution in [2.45, 2.75) is 51.5 Å². The van der Waals surface area contributed by atoms with Crippen molar-refractivity contribution in [2.24, 2.45) is 0 Å². The van der Waals surface area contributed by atoms with Gasteiger partial charge in [-0.25, -0.2) is 9.37 Å². The van der Waals surface area contributed by atoms with E-state index >= 15 is 0 Å². The molecule has 8 nitrogen and oxygen atoms in total. The van der Waals surface area contributed by atoms with Crippen LogP contribution in [0.3, 0.4) is 0 Å². The van der Waals surface area contributed by atoms with Crippen LogP contribution in [0.4, 0.5) is 4.39 Å². The van der Waals surface area contributed by atoms with Crippen molar-refractivity contribution in [1.29, 1.82) is 0 Å². The van der Waals surface area contributed by atoms with E-state index in [0.29, 0.717) is 23.0 Å². The summed E-state index contributed by atoms with van der Waals surface area (Å²) < 4.78 is 19.9. The lowest BCUT2D eigenvalue weighted by atomic mass is 9.96. The minimum absolute atomic E-state index is 0.00294. The minimum atomic E-state index is -0.542. The molecule has 0 radical (unpaired) electrons. The van der Waals surface area contributed by atoms with Crippen LogP contribution >= 0.6 is 0 Å². The number of hydrogen-bond donors (Lipinski definition) is 2. The van der Waals surface area contributed by atoms with Crippen LogP contribution < -0.4 is 5.32 Å². The largest absolute Gasteiger partial charge is 0.344 e. The number of halogens is 1. The van der Waals surface area contributed by atoms with E-state index in [1.165, 1.54) is 6.07 Å². The Morgan fingerprint density at radius 2 is 2.09 bits per heavy atom. The van der Waals surface area contributed by atoms with Crippen molar-refractivity contribution in [1.82, 2.24) is 30.6 Å². The summed E-state index contributed by atoms with van der Waals surface area (Å²) in [5.41, 5.74) is 3.35. The molecule has 164 valence electrons. The Hall–Kier alpha value is -3.62. The third kappa shape index (κ3) is 3.74. The van der Waals surface area contributed by atoms with E-state index in [9.17, 15) is 9.18 Å². The van der Waals surface area contributed by atoms with Gasteiger partial charge in [-0.3, -0.25) is 9.89 Å². The normalized spacial score (nSPS) is 14.1. The third-order valence-electron chi connectivity index (χ3n) is 5.55. The second kappa shape index (κ2) is 7.51. The first-order chi connectivity index (χ1) is 15.3. The van der Waals surface area contributed by atoms with Gasteiger partial charge in [-0.1, -0.05) is 38.1 Å². The van der Waals surface area contributed by atoms with Gasteiger partial charge < -0.3 is 9.84 Å². The zero-order valence-electron chi connectivity index (χ0n) is 18.1.